The van der Waals surface area contributed by atoms with Gasteiger partial charge in [-0.25, -0.2) is 4.98 Å². The second kappa shape index (κ2) is 4.40. The molecule has 6 heteroatoms. The molecule has 17 heavy (non-hydrogen) atoms. The monoisotopic (exact) mass is 234 g/mol. The fourth-order valence-corrected chi connectivity index (χ4v) is 2.09. The van der Waals surface area contributed by atoms with Crippen molar-refractivity contribution in [2.75, 3.05) is 11.4 Å². The van der Waals surface area contributed by atoms with Gasteiger partial charge in [-0.1, -0.05) is 6.07 Å². The van der Waals surface area contributed by atoms with E-state index in [2.05, 4.69) is 4.98 Å². The maximum absolute atomic E-state index is 11.4. The first-order valence-electron chi connectivity index (χ1n) is 5.36. The SMILES string of the molecule is NC(=O)C1CC(C(N)=O)N(c2ccccn2)C1. The molecule has 0 aromatic carbocycles. The van der Waals surface area contributed by atoms with Crippen LogP contribution in [-0.4, -0.2) is 29.4 Å². The van der Waals surface area contributed by atoms with Crippen LogP contribution in [0.1, 0.15) is 6.42 Å². The molecular weight excluding hydrogens is 220 g/mol. The molecule has 0 spiro atoms. The van der Waals surface area contributed by atoms with Crippen LogP contribution in [0.5, 0.6) is 0 Å². The molecule has 2 atom stereocenters. The number of anilines is 1. The highest BCUT2D eigenvalue weighted by Gasteiger charge is 2.38. The van der Waals surface area contributed by atoms with Crippen LogP contribution in [0.2, 0.25) is 0 Å². The molecule has 1 saturated heterocycles. The summed E-state index contributed by atoms with van der Waals surface area (Å²) in [7, 11) is 0. The Bertz CT molecular complexity index is 434. The molecular formula is C11H14N4O2. The minimum absolute atomic E-state index is 0.352. The fourth-order valence-electron chi connectivity index (χ4n) is 2.09. The third-order valence-corrected chi connectivity index (χ3v) is 2.98. The summed E-state index contributed by atoms with van der Waals surface area (Å²) in [4.78, 5) is 28.4. The van der Waals surface area contributed by atoms with Crippen molar-refractivity contribution in [2.24, 2.45) is 17.4 Å². The van der Waals surface area contributed by atoms with Gasteiger partial charge >= 0.3 is 0 Å². The lowest BCUT2D eigenvalue weighted by molar-refractivity contribution is -0.121. The normalized spacial score (nSPS) is 23.6. The minimum atomic E-state index is -0.512. The van der Waals surface area contributed by atoms with E-state index in [1.165, 1.54) is 0 Å². The molecule has 0 radical (unpaired) electrons. The quantitative estimate of drug-likeness (QED) is 0.718. The third kappa shape index (κ3) is 2.20. The van der Waals surface area contributed by atoms with Crippen LogP contribution in [0.15, 0.2) is 24.4 Å². The van der Waals surface area contributed by atoms with Crippen molar-refractivity contribution in [3.63, 3.8) is 0 Å². The number of nitrogens with zero attached hydrogens (tertiary/aromatic N) is 2. The first-order valence-corrected chi connectivity index (χ1v) is 5.36. The van der Waals surface area contributed by atoms with Gasteiger partial charge in [-0.3, -0.25) is 9.59 Å². The average Bonchev–Trinajstić information content (AvgIpc) is 2.75. The van der Waals surface area contributed by atoms with E-state index in [9.17, 15) is 9.59 Å². The summed E-state index contributed by atoms with van der Waals surface area (Å²) in [6.07, 6.45) is 1.99. The number of aromatic nitrogens is 1. The molecule has 0 aliphatic carbocycles. The lowest BCUT2D eigenvalue weighted by atomic mass is 10.1. The molecule has 90 valence electrons. The highest BCUT2D eigenvalue weighted by atomic mass is 16.2. The van der Waals surface area contributed by atoms with E-state index in [-0.39, 0.29) is 5.92 Å². The number of rotatable bonds is 3. The molecule has 2 unspecified atom stereocenters. The van der Waals surface area contributed by atoms with Crippen molar-refractivity contribution in [1.82, 2.24) is 4.98 Å². The van der Waals surface area contributed by atoms with E-state index in [0.29, 0.717) is 18.8 Å². The van der Waals surface area contributed by atoms with Crippen molar-refractivity contribution in [3.8, 4) is 0 Å². The van der Waals surface area contributed by atoms with Gasteiger partial charge in [-0.15, -0.1) is 0 Å². The second-order valence-electron chi connectivity index (χ2n) is 4.09. The van der Waals surface area contributed by atoms with Crippen LogP contribution in [0, 0.1) is 5.92 Å². The standard InChI is InChI=1S/C11H14N4O2/c12-10(16)7-5-8(11(13)17)15(6-7)9-3-1-2-4-14-9/h1-4,7-8H,5-6H2,(H2,12,16)(H2,13,17). The first-order chi connectivity index (χ1) is 8.09. The topological polar surface area (TPSA) is 102 Å². The van der Waals surface area contributed by atoms with E-state index in [1.807, 2.05) is 6.07 Å². The van der Waals surface area contributed by atoms with Gasteiger partial charge < -0.3 is 16.4 Å². The van der Waals surface area contributed by atoms with Gasteiger partial charge in [-0.05, 0) is 18.6 Å². The van der Waals surface area contributed by atoms with Gasteiger partial charge in [0, 0.05) is 12.7 Å². The summed E-state index contributed by atoms with van der Waals surface area (Å²) in [5.41, 5.74) is 10.6. The molecule has 2 amide bonds. The highest BCUT2D eigenvalue weighted by molar-refractivity contribution is 5.87. The third-order valence-electron chi connectivity index (χ3n) is 2.98. The van der Waals surface area contributed by atoms with E-state index < -0.39 is 17.9 Å². The Morgan fingerprint density at radius 3 is 2.59 bits per heavy atom. The number of carbonyl (C=O) groups excluding carboxylic acids is 2. The van der Waals surface area contributed by atoms with Crippen molar-refractivity contribution in [2.45, 2.75) is 12.5 Å². The Kier molecular flexibility index (Phi) is 2.95. The smallest absolute Gasteiger partial charge is 0.240 e. The number of carbonyl (C=O) groups is 2. The zero-order chi connectivity index (χ0) is 12.4. The highest BCUT2D eigenvalue weighted by Crippen LogP contribution is 2.27. The molecule has 4 N–H and O–H groups in total. The lowest BCUT2D eigenvalue weighted by Gasteiger charge is -2.22. The maximum Gasteiger partial charge on any atom is 0.240 e. The maximum atomic E-state index is 11.4. The van der Waals surface area contributed by atoms with Crippen molar-refractivity contribution in [1.29, 1.82) is 0 Å². The van der Waals surface area contributed by atoms with Crippen LogP contribution in [0.3, 0.4) is 0 Å². The minimum Gasteiger partial charge on any atom is -0.369 e. The summed E-state index contributed by atoms with van der Waals surface area (Å²) in [5, 5.41) is 0. The average molecular weight is 234 g/mol. The van der Waals surface area contributed by atoms with Crippen LogP contribution in [0.4, 0.5) is 5.82 Å². The molecule has 1 aromatic rings. The van der Waals surface area contributed by atoms with Gasteiger partial charge in [0.2, 0.25) is 11.8 Å². The molecule has 2 rings (SSSR count). The molecule has 1 fully saturated rings. The Morgan fingerprint density at radius 2 is 2.06 bits per heavy atom. The zero-order valence-electron chi connectivity index (χ0n) is 9.24. The van der Waals surface area contributed by atoms with Crippen molar-refractivity contribution >= 4 is 17.6 Å². The molecule has 0 bridgehead atoms. The van der Waals surface area contributed by atoms with E-state index in [0.717, 1.165) is 0 Å². The van der Waals surface area contributed by atoms with Crippen molar-refractivity contribution < 1.29 is 9.59 Å². The van der Waals surface area contributed by atoms with Crippen LogP contribution in [0.25, 0.3) is 0 Å². The second-order valence-corrected chi connectivity index (χ2v) is 4.09. The number of nitrogens with two attached hydrogens (primary N) is 2. The number of pyridine rings is 1. The first kappa shape index (κ1) is 11.4. The summed E-state index contributed by atoms with van der Waals surface area (Å²) >= 11 is 0. The molecule has 1 aliphatic heterocycles. The van der Waals surface area contributed by atoms with Crippen LogP contribution in [-0.2, 0) is 9.59 Å². The van der Waals surface area contributed by atoms with Gasteiger partial charge in [0.05, 0.1) is 5.92 Å². The zero-order valence-corrected chi connectivity index (χ0v) is 9.24. The summed E-state index contributed by atoms with van der Waals surface area (Å²) in [5.74, 6) is -0.580. The molecule has 2 heterocycles. The Hall–Kier alpha value is -2.11. The number of hydrogen-bond donors (Lipinski definition) is 2. The molecule has 1 aromatic heterocycles. The summed E-state index contributed by atoms with van der Waals surface area (Å²) in [6, 6.07) is 4.87. The summed E-state index contributed by atoms with van der Waals surface area (Å²) in [6.45, 7) is 0.389. The summed E-state index contributed by atoms with van der Waals surface area (Å²) < 4.78 is 0. The van der Waals surface area contributed by atoms with Gasteiger partial charge in [0.1, 0.15) is 11.9 Å². The largest absolute Gasteiger partial charge is 0.369 e. The van der Waals surface area contributed by atoms with Crippen molar-refractivity contribution in [3.05, 3.63) is 24.4 Å². The van der Waals surface area contributed by atoms with E-state index >= 15 is 0 Å². The molecule has 6 nitrogen and oxygen atoms in total. The Labute approximate surface area is 98.6 Å². The van der Waals surface area contributed by atoms with Gasteiger partial charge in [0.25, 0.3) is 0 Å². The Morgan fingerprint density at radius 1 is 1.29 bits per heavy atom. The Balaban J connectivity index is 2.26. The van der Waals surface area contributed by atoms with Gasteiger partial charge in [0.15, 0.2) is 0 Å². The van der Waals surface area contributed by atoms with Crippen LogP contribution < -0.4 is 16.4 Å². The van der Waals surface area contributed by atoms with Crippen LogP contribution >= 0.6 is 0 Å². The number of primary amides is 2. The van der Waals surface area contributed by atoms with Gasteiger partial charge in [-0.2, -0.15) is 0 Å². The van der Waals surface area contributed by atoms with E-state index in [1.54, 1.807) is 23.2 Å². The predicted octanol–water partition coefficient (Wildman–Crippen LogP) is -0.753. The fraction of sp³-hybridized carbons (Fsp3) is 0.364. The molecule has 0 saturated carbocycles. The predicted molar refractivity (Wildman–Crippen MR) is 61.9 cm³/mol. The lowest BCUT2D eigenvalue weighted by Crippen LogP contribution is -2.40. The van der Waals surface area contributed by atoms with E-state index in [4.69, 9.17) is 11.5 Å². The number of amides is 2. The molecule has 1 aliphatic rings. The number of hydrogen-bond acceptors (Lipinski definition) is 4.